The number of aromatic nitrogens is 1. The molecular formula is C47H25NO3. The van der Waals surface area contributed by atoms with Crippen LogP contribution < -0.4 is 0 Å². The van der Waals surface area contributed by atoms with E-state index in [-0.39, 0.29) is 0 Å². The Morgan fingerprint density at radius 1 is 0.314 bits per heavy atom. The van der Waals surface area contributed by atoms with E-state index in [2.05, 4.69) is 115 Å². The van der Waals surface area contributed by atoms with Gasteiger partial charge in [0.2, 0.25) is 0 Å². The minimum absolute atomic E-state index is 0.763. The van der Waals surface area contributed by atoms with Gasteiger partial charge in [-0.3, -0.25) is 0 Å². The second-order valence-electron chi connectivity index (χ2n) is 13.3. The first kappa shape index (κ1) is 27.0. The zero-order valence-electron chi connectivity index (χ0n) is 27.1. The largest absolute Gasteiger partial charge is 0.455 e. The van der Waals surface area contributed by atoms with Gasteiger partial charge in [0.1, 0.15) is 33.4 Å². The lowest BCUT2D eigenvalue weighted by Gasteiger charge is -2.18. The maximum absolute atomic E-state index is 6.75. The molecule has 4 nitrogen and oxygen atoms in total. The average molecular weight is 652 g/mol. The summed E-state index contributed by atoms with van der Waals surface area (Å²) in [6.07, 6.45) is 0. The van der Waals surface area contributed by atoms with Crippen LogP contribution in [0.1, 0.15) is 0 Å². The van der Waals surface area contributed by atoms with E-state index in [1.807, 2.05) is 36.4 Å². The summed E-state index contributed by atoms with van der Waals surface area (Å²) in [4.78, 5) is 5.63. The lowest BCUT2D eigenvalue weighted by atomic mass is 9.86. The number of benzene rings is 8. The van der Waals surface area contributed by atoms with Crippen LogP contribution in [0.4, 0.5) is 0 Å². The molecule has 12 rings (SSSR count). The van der Waals surface area contributed by atoms with Gasteiger partial charge in [-0.2, -0.15) is 0 Å². The van der Waals surface area contributed by atoms with Crippen molar-refractivity contribution in [1.82, 2.24) is 4.98 Å². The van der Waals surface area contributed by atoms with Crippen LogP contribution in [0.15, 0.2) is 165 Å². The van der Waals surface area contributed by atoms with Gasteiger partial charge in [-0.1, -0.05) is 121 Å². The molecule has 0 aliphatic heterocycles. The molecule has 0 bridgehead atoms. The molecular weight excluding hydrogens is 627 g/mol. The van der Waals surface area contributed by atoms with Crippen LogP contribution >= 0.6 is 0 Å². The van der Waals surface area contributed by atoms with Crippen molar-refractivity contribution in [2.24, 2.45) is 0 Å². The molecule has 4 aromatic heterocycles. The Hall–Kier alpha value is -6.91. The van der Waals surface area contributed by atoms with E-state index >= 15 is 0 Å². The molecule has 0 radical (unpaired) electrons. The van der Waals surface area contributed by atoms with Crippen molar-refractivity contribution in [3.05, 3.63) is 152 Å². The fourth-order valence-corrected chi connectivity index (χ4v) is 8.51. The molecule has 12 aromatic rings. The first-order valence-corrected chi connectivity index (χ1v) is 17.2. The highest BCUT2D eigenvalue weighted by molar-refractivity contribution is 6.30. The third-order valence-electron chi connectivity index (χ3n) is 10.7. The lowest BCUT2D eigenvalue weighted by molar-refractivity contribution is 0.668. The summed E-state index contributed by atoms with van der Waals surface area (Å²) in [5.74, 6) is 0. The number of rotatable bonds is 2. The van der Waals surface area contributed by atoms with E-state index < -0.39 is 0 Å². The van der Waals surface area contributed by atoms with Gasteiger partial charge in [-0.25, -0.2) is 4.98 Å². The molecule has 236 valence electrons. The van der Waals surface area contributed by atoms with E-state index in [4.69, 9.17) is 18.2 Å². The summed E-state index contributed by atoms with van der Waals surface area (Å²) in [7, 11) is 0. The Balaban J connectivity index is 1.28. The Morgan fingerprint density at radius 2 is 0.765 bits per heavy atom. The normalized spacial score (nSPS) is 12.3. The van der Waals surface area contributed by atoms with E-state index in [0.29, 0.717) is 0 Å². The molecule has 0 unspecified atom stereocenters. The molecule has 0 atom stereocenters. The first-order chi connectivity index (χ1) is 25.3. The molecule has 51 heavy (non-hydrogen) atoms. The maximum Gasteiger partial charge on any atom is 0.161 e. The van der Waals surface area contributed by atoms with Crippen LogP contribution in [0.3, 0.4) is 0 Å². The number of fused-ring (bicyclic) bond motifs is 14. The third kappa shape index (κ3) is 3.55. The molecule has 4 heterocycles. The van der Waals surface area contributed by atoms with Crippen molar-refractivity contribution < 1.29 is 13.3 Å². The van der Waals surface area contributed by atoms with Crippen molar-refractivity contribution in [2.45, 2.75) is 0 Å². The minimum atomic E-state index is 0.763. The van der Waals surface area contributed by atoms with Crippen LogP contribution in [-0.2, 0) is 0 Å². The van der Waals surface area contributed by atoms with Gasteiger partial charge in [-0.05, 0) is 51.9 Å². The molecule has 0 amide bonds. The summed E-state index contributed by atoms with van der Waals surface area (Å²) in [5, 5.41) is 11.8. The van der Waals surface area contributed by atoms with Gasteiger partial charge in [0.15, 0.2) is 5.58 Å². The van der Waals surface area contributed by atoms with Gasteiger partial charge in [0.05, 0.1) is 11.1 Å². The number of hydrogen-bond donors (Lipinski definition) is 0. The number of pyridine rings is 1. The van der Waals surface area contributed by atoms with Gasteiger partial charge in [-0.15, -0.1) is 0 Å². The third-order valence-corrected chi connectivity index (χ3v) is 10.7. The van der Waals surface area contributed by atoms with Gasteiger partial charge in [0.25, 0.3) is 0 Å². The predicted molar refractivity (Wildman–Crippen MR) is 209 cm³/mol. The average Bonchev–Trinajstić information content (AvgIpc) is 3.89. The fraction of sp³-hybridized carbons (Fsp3) is 0. The Bertz CT molecular complexity index is 3380. The molecule has 0 spiro atoms. The fourth-order valence-electron chi connectivity index (χ4n) is 8.51. The molecule has 0 N–H and O–H groups in total. The quantitative estimate of drug-likeness (QED) is 0.175. The second kappa shape index (κ2) is 9.84. The zero-order chi connectivity index (χ0) is 33.2. The molecule has 8 aromatic carbocycles. The van der Waals surface area contributed by atoms with E-state index in [0.717, 1.165) is 121 Å². The van der Waals surface area contributed by atoms with E-state index in [1.165, 1.54) is 0 Å². The Labute approximate surface area is 289 Å². The Kier molecular flexibility index (Phi) is 5.20. The van der Waals surface area contributed by atoms with E-state index in [1.54, 1.807) is 0 Å². The van der Waals surface area contributed by atoms with Crippen molar-refractivity contribution in [1.29, 1.82) is 0 Å². The molecule has 0 saturated carbocycles. The smallest absolute Gasteiger partial charge is 0.161 e. The summed E-state index contributed by atoms with van der Waals surface area (Å²) in [6.45, 7) is 0. The number of para-hydroxylation sites is 4. The van der Waals surface area contributed by atoms with Gasteiger partial charge in [0, 0.05) is 49.0 Å². The van der Waals surface area contributed by atoms with E-state index in [9.17, 15) is 0 Å². The Morgan fingerprint density at radius 3 is 1.41 bits per heavy atom. The molecule has 0 aliphatic carbocycles. The van der Waals surface area contributed by atoms with Crippen LogP contribution in [0.25, 0.3) is 121 Å². The molecule has 0 fully saturated rings. The number of hydrogen-bond acceptors (Lipinski definition) is 4. The molecule has 0 saturated heterocycles. The van der Waals surface area contributed by atoms with Gasteiger partial charge < -0.3 is 13.3 Å². The monoisotopic (exact) mass is 651 g/mol. The van der Waals surface area contributed by atoms with Crippen molar-refractivity contribution in [3.8, 4) is 22.4 Å². The van der Waals surface area contributed by atoms with Crippen LogP contribution in [0, 0.1) is 0 Å². The van der Waals surface area contributed by atoms with Crippen molar-refractivity contribution in [3.63, 3.8) is 0 Å². The summed E-state index contributed by atoms with van der Waals surface area (Å²) < 4.78 is 20.0. The summed E-state index contributed by atoms with van der Waals surface area (Å²) in [5.41, 5.74) is 9.95. The first-order valence-electron chi connectivity index (χ1n) is 17.2. The van der Waals surface area contributed by atoms with Gasteiger partial charge >= 0.3 is 0 Å². The second-order valence-corrected chi connectivity index (χ2v) is 13.3. The van der Waals surface area contributed by atoms with Crippen LogP contribution in [0.5, 0.6) is 0 Å². The number of nitrogens with zero attached hydrogens (tertiary/aromatic N) is 1. The van der Waals surface area contributed by atoms with Crippen molar-refractivity contribution in [2.75, 3.05) is 0 Å². The summed E-state index contributed by atoms with van der Waals surface area (Å²) in [6, 6.07) is 52.9. The predicted octanol–water partition coefficient (Wildman–Crippen LogP) is 13.6. The highest BCUT2D eigenvalue weighted by Gasteiger charge is 2.25. The topological polar surface area (TPSA) is 52.3 Å². The highest BCUT2D eigenvalue weighted by Crippen LogP contribution is 2.49. The molecule has 0 aliphatic rings. The minimum Gasteiger partial charge on any atom is -0.455 e. The SMILES string of the molecule is c1ccc2c(c1)oc1c(-c3c4ccccc4c(-c4nc5c(ccc6c7ccccc7oc65)c5oc6ccccc6c45)c4ccccc34)cccc12. The molecule has 4 heteroatoms. The van der Waals surface area contributed by atoms with Crippen LogP contribution in [-0.4, -0.2) is 4.98 Å². The maximum atomic E-state index is 6.75. The standard InChI is InChI=1S/C47H25NO3/c1-3-16-30-28(14-1)40(35-20-11-19-32-26-12-5-8-21-37(26)49-45(32)35)29-15-2-4-17-31(29)41(30)44-42-34-18-7-10-23-39(34)50-46(42)36-25-24-33-27-13-6-9-22-38(27)51-47(33)43(36)48-44/h1-25H. The van der Waals surface area contributed by atoms with Crippen LogP contribution in [0.2, 0.25) is 0 Å². The lowest BCUT2D eigenvalue weighted by Crippen LogP contribution is -1.94. The van der Waals surface area contributed by atoms with Crippen molar-refractivity contribution >= 4 is 98.3 Å². The summed E-state index contributed by atoms with van der Waals surface area (Å²) >= 11 is 0. The highest BCUT2D eigenvalue weighted by atomic mass is 16.3. The number of furan rings is 3. The zero-order valence-corrected chi connectivity index (χ0v) is 27.1.